The van der Waals surface area contributed by atoms with E-state index in [0.717, 1.165) is 0 Å². The number of carbonyl (C=O) groups excluding carboxylic acids is 5. The molecule has 2 saturated heterocycles. The molecule has 0 aromatic carbocycles. The van der Waals surface area contributed by atoms with Gasteiger partial charge >= 0.3 is 35.8 Å². The smallest absolute Gasteiger partial charge is 0.343 e. The summed E-state index contributed by atoms with van der Waals surface area (Å²) in [6, 6.07) is 0. The Morgan fingerprint density at radius 2 is 1.28 bits per heavy atom. The van der Waals surface area contributed by atoms with Crippen LogP contribution in [0.5, 0.6) is 0 Å². The first-order chi connectivity index (χ1) is 23.1. The first-order valence-electron chi connectivity index (χ1n) is 17.3. The molecule has 276 valence electrons. The second-order valence-electron chi connectivity index (χ2n) is 16.2. The molecule has 6 rings (SSSR count). The third-order valence-electron chi connectivity index (χ3n) is 13.7. The van der Waals surface area contributed by atoms with E-state index in [4.69, 9.17) is 28.4 Å². The summed E-state index contributed by atoms with van der Waals surface area (Å²) in [7, 11) is 0. The average Bonchev–Trinajstić information content (AvgIpc) is 3.66. The number of rotatable bonds is 6. The number of aliphatic carboxylic acids is 1. The molecule has 2 heterocycles. The van der Waals surface area contributed by atoms with Gasteiger partial charge in [-0.25, -0.2) is 4.79 Å². The maximum atomic E-state index is 13.2. The molecule has 0 bridgehead atoms. The number of carbonyl (C=O) groups is 6. The number of fused-ring (bicyclic) bond motifs is 6. The Hall–Kier alpha value is -3.52. The van der Waals surface area contributed by atoms with Crippen molar-refractivity contribution in [2.24, 2.45) is 57.7 Å². The van der Waals surface area contributed by atoms with Crippen LogP contribution in [0, 0.1) is 57.7 Å². The van der Waals surface area contributed by atoms with E-state index in [1.54, 1.807) is 19.9 Å². The van der Waals surface area contributed by atoms with Gasteiger partial charge in [0.2, 0.25) is 0 Å². The summed E-state index contributed by atoms with van der Waals surface area (Å²) in [4.78, 5) is 78.2. The highest BCUT2D eigenvalue weighted by Crippen LogP contribution is 2.74. The van der Waals surface area contributed by atoms with Crippen molar-refractivity contribution in [3.63, 3.8) is 0 Å². The fourth-order valence-corrected chi connectivity index (χ4v) is 11.8. The van der Waals surface area contributed by atoms with E-state index in [1.807, 2.05) is 20.8 Å². The molecule has 0 aromatic rings. The highest BCUT2D eigenvalue weighted by molar-refractivity contribution is 5.85. The first-order valence-corrected chi connectivity index (χ1v) is 17.3. The molecule has 50 heavy (non-hydrogen) atoms. The molecular weight excluding hydrogens is 656 g/mol. The number of aliphatic hydroxyl groups is 1. The van der Waals surface area contributed by atoms with Gasteiger partial charge in [-0.05, 0) is 44.1 Å². The van der Waals surface area contributed by atoms with Gasteiger partial charge in [-0.2, -0.15) is 0 Å². The van der Waals surface area contributed by atoms with E-state index in [-0.39, 0.29) is 12.2 Å². The summed E-state index contributed by atoms with van der Waals surface area (Å²) < 4.78 is 36.1. The third kappa shape index (κ3) is 4.72. The van der Waals surface area contributed by atoms with Gasteiger partial charge in [-0.15, -0.1) is 0 Å². The minimum atomic E-state index is -2.05. The molecule has 0 spiro atoms. The van der Waals surface area contributed by atoms with Crippen LogP contribution in [0.25, 0.3) is 0 Å². The lowest BCUT2D eigenvalue weighted by molar-refractivity contribution is -0.252. The van der Waals surface area contributed by atoms with Gasteiger partial charge in [0.1, 0.15) is 36.3 Å². The van der Waals surface area contributed by atoms with Crippen molar-refractivity contribution in [3.05, 3.63) is 11.8 Å². The summed E-state index contributed by atoms with van der Waals surface area (Å²) in [5.41, 5.74) is -6.11. The normalized spacial score (nSPS) is 49.9. The average molecular weight is 705 g/mol. The summed E-state index contributed by atoms with van der Waals surface area (Å²) >= 11 is 0. The number of esters is 5. The molecule has 2 N–H and O–H groups in total. The van der Waals surface area contributed by atoms with Crippen molar-refractivity contribution in [2.75, 3.05) is 0 Å². The van der Waals surface area contributed by atoms with E-state index in [2.05, 4.69) is 0 Å². The van der Waals surface area contributed by atoms with Crippen LogP contribution >= 0.6 is 0 Å². The fourth-order valence-electron chi connectivity index (χ4n) is 11.8. The van der Waals surface area contributed by atoms with Gasteiger partial charge in [-0.1, -0.05) is 27.7 Å². The zero-order valence-corrected chi connectivity index (χ0v) is 30.1. The molecule has 0 radical (unpaired) electrons. The topological polar surface area (TPSA) is 202 Å². The van der Waals surface area contributed by atoms with Gasteiger partial charge in [-0.3, -0.25) is 24.0 Å². The lowest BCUT2D eigenvalue weighted by atomic mass is 9.45. The number of hydrogen-bond acceptors (Lipinski definition) is 13. The minimum Gasteiger partial charge on any atom is -0.481 e. The Morgan fingerprint density at radius 1 is 0.760 bits per heavy atom. The van der Waals surface area contributed by atoms with E-state index >= 15 is 0 Å². The maximum Gasteiger partial charge on any atom is 0.343 e. The summed E-state index contributed by atoms with van der Waals surface area (Å²) in [5.74, 6) is -9.78. The standard InChI is InChI=1S/C36H48O14/c1-13-11-21-35(9,36(10,44)32(43)50-21)25-22(13)34(8)23(27(25)45-15(3)37)14(2)24(28(46-16(4)38)30(34)48-18(6)40)33(7)19(31(41)42)12-20-26(49-20)29(33)47-17(5)39/h11,13-14,19-20,22-30,44H,12H2,1-10H3,(H,41,42)/t13-,14?,19?,20+,22?,23?,24?,25?,26+,27-,28+,29+,30+,33+,34-,35?,36-/m1/s1. The van der Waals surface area contributed by atoms with Crippen molar-refractivity contribution >= 4 is 35.8 Å². The highest BCUT2D eigenvalue weighted by atomic mass is 16.6. The van der Waals surface area contributed by atoms with Crippen LogP contribution in [0.3, 0.4) is 0 Å². The van der Waals surface area contributed by atoms with Crippen LogP contribution in [0.1, 0.15) is 75.7 Å². The van der Waals surface area contributed by atoms with E-state index in [0.29, 0.717) is 0 Å². The van der Waals surface area contributed by atoms with Crippen LogP contribution in [0.15, 0.2) is 11.8 Å². The van der Waals surface area contributed by atoms with Gasteiger partial charge in [0.05, 0.1) is 17.4 Å². The number of ether oxygens (including phenoxy) is 6. The van der Waals surface area contributed by atoms with Crippen molar-refractivity contribution < 1.29 is 67.4 Å². The molecule has 2 aliphatic heterocycles. The molecular formula is C36H48O14. The summed E-state index contributed by atoms with van der Waals surface area (Å²) in [6.45, 7) is 15.3. The Balaban J connectivity index is 1.65. The van der Waals surface area contributed by atoms with Crippen LogP contribution in [-0.4, -0.2) is 88.3 Å². The van der Waals surface area contributed by atoms with Gasteiger partial charge in [0, 0.05) is 56.3 Å². The molecule has 0 amide bonds. The SMILES string of the molecule is CC(=O)O[C@H]1C2C([C@H](C)C=C3OC(=O)[C@@](C)(O)C32C)[C@]2(C)C1C(C)C([C@]1(C)C(C(=O)O)C[C@@H]3O[C@@H]3[C@@H]1OC(C)=O)[C@H](OC(C)=O)[C@@H]2OC(C)=O. The van der Waals surface area contributed by atoms with Gasteiger partial charge in [0.25, 0.3) is 0 Å². The lowest BCUT2D eigenvalue weighted by Gasteiger charge is -2.61. The number of carboxylic acids is 1. The predicted octanol–water partition coefficient (Wildman–Crippen LogP) is 2.57. The van der Waals surface area contributed by atoms with Gasteiger partial charge < -0.3 is 38.6 Å². The zero-order chi connectivity index (χ0) is 37.2. The molecule has 17 atom stereocenters. The van der Waals surface area contributed by atoms with Crippen LogP contribution in [0.4, 0.5) is 0 Å². The van der Waals surface area contributed by atoms with E-state index in [9.17, 15) is 39.0 Å². The number of epoxide rings is 1. The van der Waals surface area contributed by atoms with Crippen LogP contribution in [-0.2, 0) is 57.2 Å². The number of carboxylic acid groups (broad SMARTS) is 1. The molecule has 3 saturated carbocycles. The third-order valence-corrected chi connectivity index (χ3v) is 13.7. The van der Waals surface area contributed by atoms with Crippen LogP contribution in [0.2, 0.25) is 0 Å². The van der Waals surface area contributed by atoms with Crippen molar-refractivity contribution in [1.29, 1.82) is 0 Å². The van der Waals surface area contributed by atoms with Gasteiger partial charge in [0.15, 0.2) is 5.60 Å². The van der Waals surface area contributed by atoms with E-state index in [1.165, 1.54) is 34.6 Å². The second-order valence-corrected chi connectivity index (χ2v) is 16.2. The number of hydrogen-bond donors (Lipinski definition) is 2. The Bertz CT molecular complexity index is 1570. The molecule has 14 heteroatoms. The quantitative estimate of drug-likeness (QED) is 0.232. The predicted molar refractivity (Wildman–Crippen MR) is 168 cm³/mol. The highest BCUT2D eigenvalue weighted by Gasteiger charge is 2.81. The number of allylic oxidation sites excluding steroid dienone is 1. The van der Waals surface area contributed by atoms with E-state index < -0.39 is 136 Å². The largest absolute Gasteiger partial charge is 0.481 e. The first kappa shape index (κ1) is 36.3. The zero-order valence-electron chi connectivity index (χ0n) is 30.1. The lowest BCUT2D eigenvalue weighted by Crippen LogP contribution is -2.69. The molecule has 14 nitrogen and oxygen atoms in total. The van der Waals surface area contributed by atoms with Crippen molar-refractivity contribution in [3.8, 4) is 0 Å². The summed E-state index contributed by atoms with van der Waals surface area (Å²) in [6.07, 6.45) is -3.85. The molecule has 4 aliphatic carbocycles. The Kier molecular flexibility index (Phi) is 8.34. The Morgan fingerprint density at radius 3 is 1.82 bits per heavy atom. The molecule has 6 aliphatic rings. The minimum absolute atomic E-state index is 0.0910. The summed E-state index contributed by atoms with van der Waals surface area (Å²) in [5, 5.41) is 22.6. The Labute approximate surface area is 290 Å². The molecule has 5 fully saturated rings. The van der Waals surface area contributed by atoms with Crippen LogP contribution < -0.4 is 0 Å². The maximum absolute atomic E-state index is 13.2. The molecule has 0 aromatic heterocycles. The molecule has 7 unspecified atom stereocenters. The van der Waals surface area contributed by atoms with Crippen molar-refractivity contribution in [1.82, 2.24) is 0 Å². The van der Waals surface area contributed by atoms with Crippen molar-refractivity contribution in [2.45, 2.75) is 118 Å². The second kappa shape index (κ2) is 11.5. The fraction of sp³-hybridized carbons (Fsp3) is 0.778. The monoisotopic (exact) mass is 704 g/mol.